The maximum atomic E-state index is 12.9. The number of carbonyl (C=O) groups is 2. The molecule has 1 N–H and O–H groups in total. The number of nitrogens with zero attached hydrogens (tertiary/aromatic N) is 1. The lowest BCUT2D eigenvalue weighted by molar-refractivity contribution is -0.146. The normalized spacial score (nSPS) is 28.5. The fourth-order valence-corrected chi connectivity index (χ4v) is 4.76. The number of halogens is 1. The fraction of sp³-hybridized carbons (Fsp3) is 0.600. The Morgan fingerprint density at radius 2 is 1.96 bits per heavy atom. The molecule has 3 aliphatic rings. The van der Waals surface area contributed by atoms with Crippen molar-refractivity contribution in [3.63, 3.8) is 0 Å². The second-order valence-corrected chi connectivity index (χ2v) is 8.13. The zero-order chi connectivity index (χ0) is 19.0. The van der Waals surface area contributed by atoms with Crippen molar-refractivity contribution in [2.24, 2.45) is 17.8 Å². The minimum Gasteiger partial charge on any atom is -0.492 e. The van der Waals surface area contributed by atoms with Crippen LogP contribution in [0.4, 0.5) is 0 Å². The number of likely N-dealkylation sites (tertiary alicyclic amines) is 1. The number of carbonyl (C=O) groups excluding carboxylic acids is 1. The number of amides is 1. The molecule has 6 nitrogen and oxygen atoms in total. The van der Waals surface area contributed by atoms with Crippen LogP contribution in [0, 0.1) is 17.8 Å². The van der Waals surface area contributed by atoms with E-state index in [1.54, 1.807) is 6.07 Å². The second-order valence-electron chi connectivity index (χ2n) is 7.70. The number of hydrogen-bond acceptors (Lipinski definition) is 4. The summed E-state index contributed by atoms with van der Waals surface area (Å²) in [5.41, 5.74) is 0.977. The summed E-state index contributed by atoms with van der Waals surface area (Å²) in [6.07, 6.45) is 2.58. The zero-order valence-corrected chi connectivity index (χ0v) is 15.9. The van der Waals surface area contributed by atoms with Gasteiger partial charge in [0.2, 0.25) is 5.91 Å². The average molecular weight is 394 g/mol. The van der Waals surface area contributed by atoms with Crippen LogP contribution in [-0.2, 0) is 20.7 Å². The van der Waals surface area contributed by atoms with Gasteiger partial charge in [0, 0.05) is 24.7 Å². The highest BCUT2D eigenvalue weighted by molar-refractivity contribution is 6.30. The third-order valence-electron chi connectivity index (χ3n) is 6.05. The summed E-state index contributed by atoms with van der Waals surface area (Å²) in [6.45, 7) is 2.20. The molecule has 146 valence electrons. The van der Waals surface area contributed by atoms with E-state index in [9.17, 15) is 14.7 Å². The first kappa shape index (κ1) is 18.6. The summed E-state index contributed by atoms with van der Waals surface area (Å²) in [4.78, 5) is 26.2. The first-order chi connectivity index (χ1) is 13.0. The smallest absolute Gasteiger partial charge is 0.309 e. The summed E-state index contributed by atoms with van der Waals surface area (Å²) >= 11 is 6.06. The molecule has 0 aliphatic carbocycles. The summed E-state index contributed by atoms with van der Waals surface area (Å²) in [5, 5.41) is 10.0. The first-order valence-corrected chi connectivity index (χ1v) is 9.95. The van der Waals surface area contributed by atoms with Gasteiger partial charge in [-0.3, -0.25) is 9.59 Å². The van der Waals surface area contributed by atoms with Crippen LogP contribution < -0.4 is 4.74 Å². The van der Waals surface area contributed by atoms with Gasteiger partial charge in [-0.2, -0.15) is 0 Å². The van der Waals surface area contributed by atoms with Gasteiger partial charge in [-0.1, -0.05) is 11.6 Å². The molecule has 0 aromatic heterocycles. The molecule has 0 radical (unpaired) electrons. The lowest BCUT2D eigenvalue weighted by atomic mass is 9.84. The van der Waals surface area contributed by atoms with E-state index in [1.807, 2.05) is 17.0 Å². The van der Waals surface area contributed by atoms with E-state index in [2.05, 4.69) is 0 Å². The molecule has 1 aromatic carbocycles. The number of rotatable bonds is 3. The molecule has 3 heterocycles. The highest BCUT2D eigenvalue weighted by atomic mass is 35.5. The maximum absolute atomic E-state index is 12.9. The molecule has 0 bridgehead atoms. The molecule has 3 aliphatic heterocycles. The summed E-state index contributed by atoms with van der Waals surface area (Å²) < 4.78 is 11.5. The largest absolute Gasteiger partial charge is 0.492 e. The van der Waals surface area contributed by atoms with Gasteiger partial charge in [0.25, 0.3) is 0 Å². The Kier molecular flexibility index (Phi) is 5.28. The van der Waals surface area contributed by atoms with Crippen molar-refractivity contribution in [2.45, 2.75) is 31.8 Å². The van der Waals surface area contributed by atoms with Gasteiger partial charge in [-0.25, -0.2) is 0 Å². The van der Waals surface area contributed by atoms with E-state index < -0.39 is 11.9 Å². The van der Waals surface area contributed by atoms with Crippen LogP contribution in [0.25, 0.3) is 0 Å². The van der Waals surface area contributed by atoms with Crippen molar-refractivity contribution in [1.82, 2.24) is 4.90 Å². The number of fused-ring (bicyclic) bond motifs is 1. The van der Waals surface area contributed by atoms with Crippen molar-refractivity contribution < 1.29 is 24.2 Å². The minimum absolute atomic E-state index is 0.112. The number of ether oxygens (including phenoxy) is 2. The van der Waals surface area contributed by atoms with Crippen molar-refractivity contribution >= 4 is 23.5 Å². The van der Waals surface area contributed by atoms with E-state index >= 15 is 0 Å². The van der Waals surface area contributed by atoms with Gasteiger partial charge in [-0.05, 0) is 55.4 Å². The lowest BCUT2D eigenvalue weighted by Gasteiger charge is -2.37. The molecule has 2 fully saturated rings. The predicted molar refractivity (Wildman–Crippen MR) is 98.9 cm³/mol. The van der Waals surface area contributed by atoms with Crippen LogP contribution in [0.1, 0.15) is 24.8 Å². The Hall–Kier alpha value is -1.79. The highest BCUT2D eigenvalue weighted by Crippen LogP contribution is 2.35. The number of piperidine rings is 1. The molecule has 27 heavy (non-hydrogen) atoms. The molecular formula is C20H24ClNO5. The van der Waals surface area contributed by atoms with Crippen LogP contribution in [0.15, 0.2) is 18.2 Å². The van der Waals surface area contributed by atoms with Crippen LogP contribution in [0.3, 0.4) is 0 Å². The molecule has 1 amide bonds. The Balaban J connectivity index is 1.35. The molecular weight excluding hydrogens is 370 g/mol. The monoisotopic (exact) mass is 393 g/mol. The standard InChI is InChI=1S/C20H24ClNO5/c21-15-1-2-17-13(10-15)9-14(11-27-17)19(23)22-6-3-12(4-7-22)18-16(20(24)25)5-8-26-18/h1-2,10,12,14,16,18H,3-9,11H2,(H,24,25)/t14?,16?,18-/m0/s1. The van der Waals surface area contributed by atoms with Gasteiger partial charge >= 0.3 is 5.97 Å². The van der Waals surface area contributed by atoms with E-state index in [4.69, 9.17) is 21.1 Å². The van der Waals surface area contributed by atoms with Gasteiger partial charge in [0.1, 0.15) is 12.4 Å². The molecule has 3 atom stereocenters. The average Bonchev–Trinajstić information content (AvgIpc) is 3.17. The summed E-state index contributed by atoms with van der Waals surface area (Å²) in [5.74, 6) is -0.249. The van der Waals surface area contributed by atoms with E-state index in [-0.39, 0.29) is 23.8 Å². The van der Waals surface area contributed by atoms with Crippen molar-refractivity contribution in [2.75, 3.05) is 26.3 Å². The van der Waals surface area contributed by atoms with Crippen molar-refractivity contribution in [1.29, 1.82) is 0 Å². The topological polar surface area (TPSA) is 76.1 Å². The molecule has 7 heteroatoms. The molecule has 4 rings (SSSR count). The van der Waals surface area contributed by atoms with E-state index in [0.29, 0.717) is 44.2 Å². The van der Waals surface area contributed by atoms with Crippen LogP contribution in [0.5, 0.6) is 5.75 Å². The summed E-state index contributed by atoms with van der Waals surface area (Å²) in [7, 11) is 0. The molecule has 0 saturated carbocycles. The molecule has 1 aromatic rings. The van der Waals surface area contributed by atoms with Gasteiger partial charge < -0.3 is 19.5 Å². The van der Waals surface area contributed by atoms with E-state index in [1.165, 1.54) is 0 Å². The Bertz CT molecular complexity index is 731. The third kappa shape index (κ3) is 3.78. The first-order valence-electron chi connectivity index (χ1n) is 9.57. The van der Waals surface area contributed by atoms with Crippen LogP contribution in [-0.4, -0.2) is 54.3 Å². The second kappa shape index (κ2) is 7.68. The Labute approximate surface area is 163 Å². The third-order valence-corrected chi connectivity index (χ3v) is 6.28. The number of hydrogen-bond donors (Lipinski definition) is 1. The molecule has 0 spiro atoms. The van der Waals surface area contributed by atoms with Gasteiger partial charge in [-0.15, -0.1) is 0 Å². The zero-order valence-electron chi connectivity index (χ0n) is 15.1. The summed E-state index contributed by atoms with van der Waals surface area (Å²) in [6, 6.07) is 5.51. The van der Waals surface area contributed by atoms with Crippen LogP contribution >= 0.6 is 11.6 Å². The van der Waals surface area contributed by atoms with Crippen molar-refractivity contribution in [3.05, 3.63) is 28.8 Å². The van der Waals surface area contributed by atoms with Gasteiger partial charge in [0.15, 0.2) is 0 Å². The number of carboxylic acids is 1. The predicted octanol–water partition coefficient (Wildman–Crippen LogP) is 2.62. The Morgan fingerprint density at radius 1 is 1.19 bits per heavy atom. The Morgan fingerprint density at radius 3 is 2.70 bits per heavy atom. The minimum atomic E-state index is -0.771. The highest BCUT2D eigenvalue weighted by Gasteiger charge is 2.41. The van der Waals surface area contributed by atoms with Crippen molar-refractivity contribution in [3.8, 4) is 5.75 Å². The fourth-order valence-electron chi connectivity index (χ4n) is 4.57. The number of aliphatic carboxylic acids is 1. The van der Waals surface area contributed by atoms with E-state index in [0.717, 1.165) is 24.2 Å². The maximum Gasteiger partial charge on any atom is 0.309 e. The SMILES string of the molecule is O=C(O)C1CCO[C@H]1C1CCN(C(=O)C2COc3ccc(Cl)cc3C2)CC1. The van der Waals surface area contributed by atoms with Gasteiger partial charge in [0.05, 0.1) is 17.9 Å². The number of benzene rings is 1. The lowest BCUT2D eigenvalue weighted by Crippen LogP contribution is -2.47. The number of carboxylic acid groups (broad SMARTS) is 1. The molecule has 2 unspecified atom stereocenters. The quantitative estimate of drug-likeness (QED) is 0.854. The molecule has 2 saturated heterocycles. The van der Waals surface area contributed by atoms with Crippen LogP contribution in [0.2, 0.25) is 5.02 Å².